The highest BCUT2D eigenvalue weighted by Gasteiger charge is 2.24. The van der Waals surface area contributed by atoms with Crippen molar-refractivity contribution in [1.82, 2.24) is 24.7 Å². The molecular formula is C14H21N5OS. The van der Waals surface area contributed by atoms with E-state index in [-0.39, 0.29) is 0 Å². The van der Waals surface area contributed by atoms with Crippen LogP contribution in [0.3, 0.4) is 0 Å². The highest BCUT2D eigenvalue weighted by atomic mass is 32.2. The zero-order chi connectivity index (χ0) is 15.3. The minimum atomic E-state index is -0.651. The summed E-state index contributed by atoms with van der Waals surface area (Å²) in [6, 6.07) is 0. The summed E-state index contributed by atoms with van der Waals surface area (Å²) in [5, 5.41) is 19.6. The summed E-state index contributed by atoms with van der Waals surface area (Å²) in [6.07, 6.45) is 6.42. The van der Waals surface area contributed by atoms with E-state index in [2.05, 4.69) is 20.2 Å². The Kier molecular flexibility index (Phi) is 5.30. The van der Waals surface area contributed by atoms with Crippen molar-refractivity contribution in [3.63, 3.8) is 0 Å². The van der Waals surface area contributed by atoms with Crippen molar-refractivity contribution in [2.75, 3.05) is 5.75 Å². The lowest BCUT2D eigenvalue weighted by Crippen LogP contribution is -2.29. The first-order chi connectivity index (χ1) is 10.1. The van der Waals surface area contributed by atoms with Crippen molar-refractivity contribution in [3.05, 3.63) is 18.6 Å². The summed E-state index contributed by atoms with van der Waals surface area (Å²) in [5.74, 6) is 1.32. The van der Waals surface area contributed by atoms with E-state index in [0.717, 1.165) is 24.5 Å². The van der Waals surface area contributed by atoms with Gasteiger partial charge in [-0.3, -0.25) is 4.98 Å². The Labute approximate surface area is 129 Å². The molecule has 0 unspecified atom stereocenters. The third-order valence-corrected chi connectivity index (χ3v) is 4.85. The Morgan fingerprint density at radius 3 is 2.52 bits per heavy atom. The Balaban J connectivity index is 2.21. The van der Waals surface area contributed by atoms with Crippen molar-refractivity contribution in [2.45, 2.75) is 50.9 Å². The zero-order valence-corrected chi connectivity index (χ0v) is 13.5. The molecule has 0 fully saturated rings. The fourth-order valence-electron chi connectivity index (χ4n) is 1.94. The van der Waals surface area contributed by atoms with E-state index in [1.165, 1.54) is 11.8 Å². The number of thioether (sulfide) groups is 1. The quantitative estimate of drug-likeness (QED) is 0.792. The molecule has 0 saturated heterocycles. The average molecular weight is 307 g/mol. The summed E-state index contributed by atoms with van der Waals surface area (Å²) in [4.78, 5) is 8.33. The molecule has 7 heteroatoms. The molecule has 2 rings (SSSR count). The average Bonchev–Trinajstić information content (AvgIpc) is 2.96. The molecule has 21 heavy (non-hydrogen) atoms. The molecule has 0 radical (unpaired) electrons. The maximum atomic E-state index is 10.4. The molecule has 1 N–H and O–H groups in total. The van der Waals surface area contributed by atoms with Crippen molar-refractivity contribution in [3.8, 4) is 11.5 Å². The van der Waals surface area contributed by atoms with Crippen LogP contribution in [-0.2, 0) is 6.54 Å². The lowest BCUT2D eigenvalue weighted by molar-refractivity contribution is 0.0571. The van der Waals surface area contributed by atoms with E-state index in [4.69, 9.17) is 0 Å². The molecule has 0 spiro atoms. The number of rotatable bonds is 7. The second-order valence-corrected chi connectivity index (χ2v) is 5.80. The summed E-state index contributed by atoms with van der Waals surface area (Å²) < 4.78 is 2.00. The van der Waals surface area contributed by atoms with E-state index in [0.29, 0.717) is 17.3 Å². The molecule has 0 aliphatic carbocycles. The van der Waals surface area contributed by atoms with Gasteiger partial charge in [0.25, 0.3) is 0 Å². The maximum absolute atomic E-state index is 10.4. The summed E-state index contributed by atoms with van der Waals surface area (Å²) in [7, 11) is 0. The Morgan fingerprint density at radius 1 is 1.19 bits per heavy atom. The van der Waals surface area contributed by atoms with Gasteiger partial charge in [0, 0.05) is 24.7 Å². The van der Waals surface area contributed by atoms with Crippen LogP contribution in [0.4, 0.5) is 0 Å². The van der Waals surface area contributed by atoms with Crippen LogP contribution in [0.1, 0.15) is 33.6 Å². The molecule has 2 heterocycles. The first-order valence-electron chi connectivity index (χ1n) is 7.18. The van der Waals surface area contributed by atoms with Crippen LogP contribution in [-0.4, -0.2) is 41.2 Å². The van der Waals surface area contributed by atoms with Crippen LogP contribution < -0.4 is 0 Å². The molecule has 0 amide bonds. The summed E-state index contributed by atoms with van der Waals surface area (Å²) >= 11 is 1.53. The van der Waals surface area contributed by atoms with E-state index in [9.17, 15) is 5.11 Å². The first-order valence-corrected chi connectivity index (χ1v) is 8.16. The highest BCUT2D eigenvalue weighted by molar-refractivity contribution is 7.99. The molecule has 0 aromatic carbocycles. The van der Waals surface area contributed by atoms with Crippen molar-refractivity contribution < 1.29 is 5.11 Å². The largest absolute Gasteiger partial charge is 0.389 e. The minimum Gasteiger partial charge on any atom is -0.389 e. The highest BCUT2D eigenvalue weighted by Crippen LogP contribution is 2.27. The molecular weight excluding hydrogens is 286 g/mol. The Hall–Kier alpha value is -1.47. The van der Waals surface area contributed by atoms with E-state index in [1.54, 1.807) is 18.6 Å². The van der Waals surface area contributed by atoms with Crippen LogP contribution in [0.15, 0.2) is 23.7 Å². The molecule has 0 saturated carbocycles. The fourth-order valence-corrected chi connectivity index (χ4v) is 3.21. The number of nitrogens with zero attached hydrogens (tertiary/aromatic N) is 5. The van der Waals surface area contributed by atoms with E-state index in [1.807, 2.05) is 25.3 Å². The monoisotopic (exact) mass is 307 g/mol. The van der Waals surface area contributed by atoms with Gasteiger partial charge in [0.05, 0.1) is 11.8 Å². The van der Waals surface area contributed by atoms with Crippen LogP contribution in [0, 0.1) is 0 Å². The van der Waals surface area contributed by atoms with E-state index < -0.39 is 5.60 Å². The Bertz CT molecular complexity index is 568. The van der Waals surface area contributed by atoms with E-state index >= 15 is 0 Å². The smallest absolute Gasteiger partial charge is 0.191 e. The third kappa shape index (κ3) is 3.59. The van der Waals surface area contributed by atoms with Gasteiger partial charge in [-0.25, -0.2) is 4.98 Å². The number of aromatic nitrogens is 5. The molecule has 6 nitrogen and oxygen atoms in total. The lowest BCUT2D eigenvalue weighted by atomic mass is 10.0. The van der Waals surface area contributed by atoms with Gasteiger partial charge in [-0.2, -0.15) is 0 Å². The van der Waals surface area contributed by atoms with Gasteiger partial charge in [0.1, 0.15) is 5.69 Å². The normalized spacial score (nSPS) is 11.8. The first kappa shape index (κ1) is 15.9. The van der Waals surface area contributed by atoms with Crippen molar-refractivity contribution in [1.29, 1.82) is 0 Å². The standard InChI is InChI=1S/C14H21N5OS/c1-4-14(20,5-2)10-21-13-18-17-12(19(13)6-3)11-9-15-7-8-16-11/h7-9,20H,4-6,10H2,1-3H3. The molecule has 2 aromatic rings. The van der Waals surface area contributed by atoms with Gasteiger partial charge in [-0.1, -0.05) is 25.6 Å². The SMILES string of the molecule is CCn1c(SCC(O)(CC)CC)nnc1-c1cnccn1. The molecule has 0 aliphatic heterocycles. The van der Waals surface area contributed by atoms with Crippen LogP contribution in [0.2, 0.25) is 0 Å². The van der Waals surface area contributed by atoms with Gasteiger partial charge in [0.2, 0.25) is 0 Å². The molecule has 0 aliphatic rings. The van der Waals surface area contributed by atoms with Gasteiger partial charge in [-0.15, -0.1) is 10.2 Å². The van der Waals surface area contributed by atoms with Gasteiger partial charge in [0.15, 0.2) is 11.0 Å². The zero-order valence-electron chi connectivity index (χ0n) is 12.7. The predicted octanol–water partition coefficient (Wildman–Crippen LogP) is 2.40. The minimum absolute atomic E-state index is 0.610. The van der Waals surface area contributed by atoms with Crippen LogP contribution >= 0.6 is 11.8 Å². The van der Waals surface area contributed by atoms with Crippen LogP contribution in [0.5, 0.6) is 0 Å². The van der Waals surface area contributed by atoms with Gasteiger partial charge in [-0.05, 0) is 19.8 Å². The van der Waals surface area contributed by atoms with Crippen LogP contribution in [0.25, 0.3) is 11.5 Å². The molecule has 2 aromatic heterocycles. The second kappa shape index (κ2) is 7.00. The van der Waals surface area contributed by atoms with Gasteiger partial charge >= 0.3 is 0 Å². The third-order valence-electron chi connectivity index (χ3n) is 3.61. The topological polar surface area (TPSA) is 76.7 Å². The molecule has 0 bridgehead atoms. The number of hydrogen-bond donors (Lipinski definition) is 1. The second-order valence-electron chi connectivity index (χ2n) is 4.86. The van der Waals surface area contributed by atoms with Crippen molar-refractivity contribution >= 4 is 11.8 Å². The van der Waals surface area contributed by atoms with Crippen molar-refractivity contribution in [2.24, 2.45) is 0 Å². The van der Waals surface area contributed by atoms with Gasteiger partial charge < -0.3 is 9.67 Å². The fraction of sp³-hybridized carbons (Fsp3) is 0.571. The maximum Gasteiger partial charge on any atom is 0.191 e. The number of hydrogen-bond acceptors (Lipinski definition) is 6. The number of aliphatic hydroxyl groups is 1. The summed E-state index contributed by atoms with van der Waals surface area (Å²) in [5.41, 5.74) is 0.0574. The Morgan fingerprint density at radius 2 is 1.95 bits per heavy atom. The molecule has 0 atom stereocenters. The molecule has 114 valence electrons. The predicted molar refractivity (Wildman–Crippen MR) is 83.0 cm³/mol. The summed E-state index contributed by atoms with van der Waals surface area (Å²) in [6.45, 7) is 6.79. The lowest BCUT2D eigenvalue weighted by Gasteiger charge is -2.24.